The van der Waals surface area contributed by atoms with Crippen molar-refractivity contribution in [3.63, 3.8) is 0 Å². The van der Waals surface area contributed by atoms with Gasteiger partial charge in [-0.1, -0.05) is 170 Å². The van der Waals surface area contributed by atoms with Crippen LogP contribution in [-0.4, -0.2) is 103 Å². The molecule has 19 heteroatoms. The Morgan fingerprint density at radius 3 is 1.50 bits per heavy atom. The average Bonchev–Trinajstić information content (AvgIpc) is 1.52. The topological polar surface area (TPSA) is 238 Å². The lowest BCUT2D eigenvalue weighted by atomic mass is 9.93. The molecule has 432 valence electrons. The van der Waals surface area contributed by atoms with Crippen LogP contribution in [0.15, 0.2) is 194 Å². The molecule has 0 saturated carbocycles. The summed E-state index contributed by atoms with van der Waals surface area (Å²) in [7, 11) is -4.66. The zero-order valence-electron chi connectivity index (χ0n) is 46.9. The molecule has 1 aromatic heterocycles. The number of nitrogens with zero attached hydrogens (tertiary/aromatic N) is 2. The van der Waals surface area contributed by atoms with Crippen molar-refractivity contribution in [2.45, 2.75) is 68.1 Å². The molecule has 0 aliphatic carbocycles. The van der Waals surface area contributed by atoms with Gasteiger partial charge in [-0.3, -0.25) is 14.6 Å². The normalized spacial score (nSPS) is 17.5. The Hall–Kier alpha value is -9.62. The van der Waals surface area contributed by atoms with Crippen LogP contribution in [0.2, 0.25) is 0 Å². The molecule has 0 spiro atoms. The number of pyridine rings is 1. The number of hydrogen-bond donors (Lipinski definition) is 4. The summed E-state index contributed by atoms with van der Waals surface area (Å²) in [5.41, 5.74) is 4.69. The highest BCUT2D eigenvalue weighted by atomic mass is 32.2. The largest absolute Gasteiger partial charge is 0.451 e. The fraction of sp³-hybridized carbons (Fsp3) is 0.246. The molecule has 6 aromatic carbocycles. The predicted octanol–water partition coefficient (Wildman–Crippen LogP) is 9.63. The van der Waals surface area contributed by atoms with Crippen molar-refractivity contribution in [1.82, 2.24) is 31.2 Å². The van der Waals surface area contributed by atoms with E-state index in [9.17, 15) is 37.2 Å². The van der Waals surface area contributed by atoms with Crippen LogP contribution in [0.25, 0.3) is 28.3 Å². The summed E-state index contributed by atoms with van der Waals surface area (Å²) in [5, 5.41) is 8.73. The highest BCUT2D eigenvalue weighted by molar-refractivity contribution is 7.94. The minimum atomic E-state index is -4.66. The van der Waals surface area contributed by atoms with Gasteiger partial charge in [0.25, 0.3) is 11.8 Å². The van der Waals surface area contributed by atoms with E-state index < -0.39 is 86.0 Å². The molecule has 18 nitrogen and oxygen atoms in total. The van der Waals surface area contributed by atoms with E-state index >= 15 is 0 Å². The molecule has 84 heavy (non-hydrogen) atoms. The molecule has 4 N–H and O–H groups in total. The summed E-state index contributed by atoms with van der Waals surface area (Å²) in [6.07, 6.45) is -1.02. The van der Waals surface area contributed by atoms with Gasteiger partial charge in [0.15, 0.2) is 27.4 Å². The molecule has 2 aliphatic heterocycles. The molecular weight excluding hydrogens is 1090 g/mol. The SMILES string of the molecule is CC(C)(OC(=O)NCCNC(=O)OC[C@@]1(C)[C@H](C(=O)OC(c2ccccc2)c2ccccc2)N2C(=O)C(=Cc3cc(C(=O)NCCNC(=O)OC(C)(C)c4ccc(-c5ccccc5)cc4)ccn3)[C@H]2S1(=O)=O)c1ccc(-c2ccccc2)cc1. The highest BCUT2D eigenvalue weighted by Gasteiger charge is 2.73. The summed E-state index contributed by atoms with van der Waals surface area (Å²) in [6.45, 7) is 7.11. The van der Waals surface area contributed by atoms with E-state index in [1.54, 1.807) is 88.4 Å². The zero-order chi connectivity index (χ0) is 59.7. The van der Waals surface area contributed by atoms with Crippen molar-refractivity contribution in [1.29, 1.82) is 0 Å². The second kappa shape index (κ2) is 25.3. The van der Waals surface area contributed by atoms with Crippen LogP contribution < -0.4 is 21.3 Å². The number of ether oxygens (including phenoxy) is 4. The number of rotatable bonds is 20. The number of nitrogens with one attached hydrogen (secondary N) is 4. The second-order valence-corrected chi connectivity index (χ2v) is 23.8. The van der Waals surface area contributed by atoms with Crippen molar-refractivity contribution >= 4 is 52.0 Å². The van der Waals surface area contributed by atoms with Crippen LogP contribution in [-0.2, 0) is 49.6 Å². The van der Waals surface area contributed by atoms with Crippen molar-refractivity contribution in [2.24, 2.45) is 0 Å². The minimum Gasteiger partial charge on any atom is -0.451 e. The van der Waals surface area contributed by atoms with Crippen molar-refractivity contribution in [3.05, 3.63) is 227 Å². The van der Waals surface area contributed by atoms with E-state index in [0.717, 1.165) is 38.3 Å². The van der Waals surface area contributed by atoms with Crippen LogP contribution in [0.3, 0.4) is 0 Å². The summed E-state index contributed by atoms with van der Waals surface area (Å²) in [6, 6.07) is 53.6. The van der Waals surface area contributed by atoms with Gasteiger partial charge in [-0.15, -0.1) is 0 Å². The maximum Gasteiger partial charge on any atom is 0.408 e. The predicted molar refractivity (Wildman–Crippen MR) is 315 cm³/mol. The lowest BCUT2D eigenvalue weighted by Gasteiger charge is -2.39. The Labute approximate surface area is 487 Å². The Morgan fingerprint density at radius 1 is 0.595 bits per heavy atom. The van der Waals surface area contributed by atoms with Crippen LogP contribution in [0, 0.1) is 0 Å². The van der Waals surface area contributed by atoms with Crippen LogP contribution in [0.4, 0.5) is 14.4 Å². The van der Waals surface area contributed by atoms with E-state index in [-0.39, 0.29) is 43.0 Å². The third-order valence-corrected chi connectivity index (χ3v) is 17.4. The van der Waals surface area contributed by atoms with Gasteiger partial charge < -0.3 is 45.1 Å². The number of hydrogen-bond acceptors (Lipinski definition) is 13. The Morgan fingerprint density at radius 2 is 1.02 bits per heavy atom. The molecule has 7 aromatic rings. The van der Waals surface area contributed by atoms with E-state index in [4.69, 9.17) is 18.9 Å². The van der Waals surface area contributed by atoms with E-state index in [1.165, 1.54) is 31.3 Å². The van der Waals surface area contributed by atoms with Gasteiger partial charge >= 0.3 is 24.2 Å². The first-order valence-corrected chi connectivity index (χ1v) is 28.8. The van der Waals surface area contributed by atoms with Crippen molar-refractivity contribution < 1.29 is 56.1 Å². The number of benzene rings is 6. The van der Waals surface area contributed by atoms with Gasteiger partial charge in [0.05, 0.1) is 11.3 Å². The highest BCUT2D eigenvalue weighted by Crippen LogP contribution is 2.50. The van der Waals surface area contributed by atoms with Crippen molar-refractivity contribution in [2.75, 3.05) is 32.8 Å². The van der Waals surface area contributed by atoms with Gasteiger partial charge in [-0.05, 0) is 97.3 Å². The molecule has 2 fully saturated rings. The number of sulfone groups is 1. The Balaban J connectivity index is 0.838. The van der Waals surface area contributed by atoms with Gasteiger partial charge in [0, 0.05) is 37.9 Å². The number of carbonyl (C=O) groups excluding carboxylic acids is 6. The number of esters is 1. The quantitative estimate of drug-likeness (QED) is 0.0183. The minimum absolute atomic E-state index is 0.00837. The van der Waals surface area contributed by atoms with Gasteiger partial charge in [-0.2, -0.15) is 0 Å². The third kappa shape index (κ3) is 13.2. The Kier molecular flexibility index (Phi) is 17.7. The summed E-state index contributed by atoms with van der Waals surface area (Å²) >= 11 is 0. The number of β-lactam (4-membered cyclic amide) rings is 1. The van der Waals surface area contributed by atoms with E-state index in [1.807, 2.05) is 109 Å². The monoisotopic (exact) mass is 1150 g/mol. The summed E-state index contributed by atoms with van der Waals surface area (Å²) in [5.74, 6) is -2.46. The maximum absolute atomic E-state index is 14.9. The number of fused-ring (bicyclic) bond motifs is 1. The molecule has 0 radical (unpaired) electrons. The van der Waals surface area contributed by atoms with Gasteiger partial charge in [0.1, 0.15) is 22.6 Å². The average molecular weight is 1150 g/mol. The molecule has 2 aliphatic rings. The second-order valence-electron chi connectivity index (χ2n) is 21.3. The van der Waals surface area contributed by atoms with Crippen LogP contribution >= 0.6 is 0 Å². The zero-order valence-corrected chi connectivity index (χ0v) is 47.8. The standard InChI is InChI=1S/C65H64N6O12S/c1-63(2,50-30-26-45(27-31-50)43-18-10-6-11-19-43)82-61(76)69-37-36-67-56(72)49-34-35-66-52(40-49)41-53-57(73)71-55(59(74)81-54(47-22-14-8-15-23-47)48-24-16-9-17-25-48)65(5,84(78,79)58(53)71)42-80-60(75)68-38-39-70-62(77)83-64(3,4)51-32-28-46(29-33-51)44-20-12-7-13-21-44/h6-35,40-41,54-55,58H,36-39,42H2,1-5H3,(H,67,72)(H,68,75)(H,69,76)(H,70,77)/t55-,58+,65-/m0/s1. The smallest absolute Gasteiger partial charge is 0.408 e. The molecule has 3 heterocycles. The third-order valence-electron chi connectivity index (χ3n) is 14.7. The first-order chi connectivity index (χ1) is 40.3. The molecule has 9 rings (SSSR count). The molecule has 3 atom stereocenters. The Bertz CT molecular complexity index is 3620. The van der Waals surface area contributed by atoms with Crippen molar-refractivity contribution in [3.8, 4) is 22.3 Å². The van der Waals surface area contributed by atoms with Gasteiger partial charge in [-0.25, -0.2) is 27.6 Å². The number of amides is 5. The first kappa shape index (κ1) is 59.0. The lowest BCUT2D eigenvalue weighted by molar-refractivity contribution is -0.161. The number of aromatic nitrogens is 1. The lowest BCUT2D eigenvalue weighted by Crippen LogP contribution is -2.60. The summed E-state index contributed by atoms with van der Waals surface area (Å²) < 4.78 is 50.8. The molecule has 0 unspecified atom stereocenters. The maximum atomic E-state index is 14.9. The van der Waals surface area contributed by atoms with E-state index in [2.05, 4.69) is 26.3 Å². The first-order valence-electron chi connectivity index (χ1n) is 27.2. The molecule has 5 amide bonds. The van der Waals surface area contributed by atoms with Crippen LogP contribution in [0.5, 0.6) is 0 Å². The molecular formula is C65H64N6O12S. The summed E-state index contributed by atoms with van der Waals surface area (Å²) in [4.78, 5) is 86.7. The van der Waals surface area contributed by atoms with Gasteiger partial charge in [0.2, 0.25) is 0 Å². The fourth-order valence-corrected chi connectivity index (χ4v) is 12.3. The molecule has 0 bridgehead atoms. The fourth-order valence-electron chi connectivity index (χ4n) is 10.0. The molecule has 2 saturated heterocycles. The van der Waals surface area contributed by atoms with Crippen LogP contribution in [0.1, 0.15) is 79.0 Å². The number of alkyl carbamates (subject to hydrolysis) is 3. The number of carbonyl (C=O) groups is 6. The van der Waals surface area contributed by atoms with E-state index in [0.29, 0.717) is 11.1 Å².